The fourth-order valence-corrected chi connectivity index (χ4v) is 2.58. The van der Waals surface area contributed by atoms with Gasteiger partial charge in [0.1, 0.15) is 11.6 Å². The zero-order valence-electron chi connectivity index (χ0n) is 12.8. The molecule has 7 heteroatoms. The summed E-state index contributed by atoms with van der Waals surface area (Å²) in [6, 6.07) is 3.45. The van der Waals surface area contributed by atoms with Gasteiger partial charge in [0.05, 0.1) is 6.61 Å². The molecule has 0 aliphatic carbocycles. The molecular weight excluding hydrogens is 403 g/mol. The molecule has 1 aromatic rings. The Morgan fingerprint density at radius 3 is 2.91 bits per heavy atom. The molecule has 1 heterocycles. The van der Waals surface area contributed by atoms with Gasteiger partial charge in [-0.1, -0.05) is 0 Å². The minimum atomic E-state index is -0.440. The van der Waals surface area contributed by atoms with Crippen molar-refractivity contribution < 1.29 is 13.5 Å². The Morgan fingerprint density at radius 2 is 2.23 bits per heavy atom. The third-order valence-electron chi connectivity index (χ3n) is 3.64. The van der Waals surface area contributed by atoms with Gasteiger partial charge in [-0.05, 0) is 24.6 Å². The molecule has 0 spiro atoms. The second kappa shape index (κ2) is 9.24. The van der Waals surface area contributed by atoms with E-state index in [9.17, 15) is 8.78 Å². The number of hydrogen-bond donors (Lipinski definition) is 1. The summed E-state index contributed by atoms with van der Waals surface area (Å²) >= 11 is 0. The smallest absolute Gasteiger partial charge is 0.193 e. The summed E-state index contributed by atoms with van der Waals surface area (Å²) in [6.07, 6.45) is 1.04. The summed E-state index contributed by atoms with van der Waals surface area (Å²) in [5.74, 6) is 0.333. The van der Waals surface area contributed by atoms with E-state index in [1.54, 1.807) is 14.2 Å². The zero-order chi connectivity index (χ0) is 15.2. The van der Waals surface area contributed by atoms with E-state index in [0.717, 1.165) is 38.2 Å². The number of hydrogen-bond acceptors (Lipinski definition) is 2. The predicted molar refractivity (Wildman–Crippen MR) is 93.5 cm³/mol. The van der Waals surface area contributed by atoms with Crippen molar-refractivity contribution >= 4 is 29.9 Å². The Bertz CT molecular complexity index is 514. The fraction of sp³-hybridized carbons (Fsp3) is 0.533. The van der Waals surface area contributed by atoms with Crippen molar-refractivity contribution in [3.8, 4) is 0 Å². The van der Waals surface area contributed by atoms with Gasteiger partial charge in [-0.15, -0.1) is 24.0 Å². The minimum Gasteiger partial charge on any atom is -0.384 e. The van der Waals surface area contributed by atoms with Crippen LogP contribution in [0, 0.1) is 17.6 Å². The highest BCUT2D eigenvalue weighted by molar-refractivity contribution is 14.0. The van der Waals surface area contributed by atoms with Gasteiger partial charge in [0.15, 0.2) is 5.96 Å². The van der Waals surface area contributed by atoms with Gasteiger partial charge >= 0.3 is 0 Å². The summed E-state index contributed by atoms with van der Waals surface area (Å²) in [7, 11) is 3.39. The van der Waals surface area contributed by atoms with Crippen LogP contribution in [0.2, 0.25) is 0 Å². The number of guanidine groups is 1. The van der Waals surface area contributed by atoms with Crippen LogP contribution >= 0.6 is 24.0 Å². The van der Waals surface area contributed by atoms with Crippen LogP contribution in [0.25, 0.3) is 0 Å². The lowest BCUT2D eigenvalue weighted by molar-refractivity contribution is 0.157. The molecule has 0 amide bonds. The highest BCUT2D eigenvalue weighted by Gasteiger charge is 2.24. The van der Waals surface area contributed by atoms with Crippen LogP contribution in [-0.2, 0) is 11.3 Å². The molecular formula is C15H22F2IN3O. The van der Waals surface area contributed by atoms with Crippen molar-refractivity contribution in [2.75, 3.05) is 33.9 Å². The maximum atomic E-state index is 13.6. The van der Waals surface area contributed by atoms with Crippen LogP contribution in [0.15, 0.2) is 23.2 Å². The number of halogens is 3. The lowest BCUT2D eigenvalue weighted by atomic mass is 10.1. The minimum absolute atomic E-state index is 0. The molecule has 1 N–H and O–H groups in total. The van der Waals surface area contributed by atoms with Gasteiger partial charge in [0, 0.05) is 45.3 Å². The fourth-order valence-electron chi connectivity index (χ4n) is 2.58. The standard InChI is InChI=1S/C15H21F2N3O.HI/c1-18-15(20-6-5-11(9-20)10-21-2)19-8-12-7-13(16)3-4-14(12)17;/h3-4,7,11H,5-6,8-10H2,1-2H3,(H,18,19);1H. The van der Waals surface area contributed by atoms with E-state index >= 15 is 0 Å². The second-order valence-electron chi connectivity index (χ2n) is 5.19. The number of likely N-dealkylation sites (tertiary alicyclic amines) is 1. The van der Waals surface area contributed by atoms with Crippen molar-refractivity contribution in [2.24, 2.45) is 10.9 Å². The van der Waals surface area contributed by atoms with E-state index in [2.05, 4.69) is 15.2 Å². The average Bonchev–Trinajstić information content (AvgIpc) is 2.92. The number of ether oxygens (including phenoxy) is 1. The molecule has 1 aromatic carbocycles. The van der Waals surface area contributed by atoms with Crippen LogP contribution in [0.1, 0.15) is 12.0 Å². The molecule has 124 valence electrons. The summed E-state index contributed by atoms with van der Waals surface area (Å²) < 4.78 is 31.9. The molecule has 0 bridgehead atoms. The SMILES string of the molecule is CN=C(NCc1cc(F)ccc1F)N1CCC(COC)C1.I. The Balaban J connectivity index is 0.00000242. The summed E-state index contributed by atoms with van der Waals surface area (Å²) in [5, 5.41) is 3.09. The quantitative estimate of drug-likeness (QED) is 0.458. The molecule has 1 aliphatic rings. The van der Waals surface area contributed by atoms with E-state index in [4.69, 9.17) is 4.74 Å². The van der Waals surface area contributed by atoms with Crippen LogP contribution in [0.3, 0.4) is 0 Å². The van der Waals surface area contributed by atoms with Gasteiger partial charge in [-0.3, -0.25) is 4.99 Å². The first-order valence-electron chi connectivity index (χ1n) is 7.02. The summed E-state index contributed by atoms with van der Waals surface area (Å²) in [6.45, 7) is 2.69. The monoisotopic (exact) mass is 425 g/mol. The van der Waals surface area contributed by atoms with Crippen molar-refractivity contribution in [1.82, 2.24) is 10.2 Å². The van der Waals surface area contributed by atoms with Crippen molar-refractivity contribution in [1.29, 1.82) is 0 Å². The summed E-state index contributed by atoms with van der Waals surface area (Å²) in [4.78, 5) is 6.32. The molecule has 4 nitrogen and oxygen atoms in total. The van der Waals surface area contributed by atoms with Crippen molar-refractivity contribution in [3.05, 3.63) is 35.4 Å². The Morgan fingerprint density at radius 1 is 1.45 bits per heavy atom. The predicted octanol–water partition coefficient (Wildman–Crippen LogP) is 2.63. The van der Waals surface area contributed by atoms with Crippen molar-refractivity contribution in [2.45, 2.75) is 13.0 Å². The molecule has 22 heavy (non-hydrogen) atoms. The summed E-state index contributed by atoms with van der Waals surface area (Å²) in [5.41, 5.74) is 0.295. The van der Waals surface area contributed by atoms with Gasteiger partial charge in [0.25, 0.3) is 0 Å². The third kappa shape index (κ3) is 5.05. The number of nitrogens with zero attached hydrogens (tertiary/aromatic N) is 2. The Kier molecular flexibility index (Phi) is 8.02. The molecule has 0 aromatic heterocycles. The first-order chi connectivity index (χ1) is 10.1. The van der Waals surface area contributed by atoms with Crippen LogP contribution in [-0.4, -0.2) is 44.7 Å². The zero-order valence-corrected chi connectivity index (χ0v) is 15.1. The molecule has 1 unspecified atom stereocenters. The number of benzene rings is 1. The molecule has 1 fully saturated rings. The largest absolute Gasteiger partial charge is 0.384 e. The van der Waals surface area contributed by atoms with E-state index in [1.807, 2.05) is 0 Å². The van der Waals surface area contributed by atoms with E-state index in [1.165, 1.54) is 6.07 Å². The van der Waals surface area contributed by atoms with E-state index in [0.29, 0.717) is 17.4 Å². The Labute approximate surface area is 147 Å². The number of rotatable bonds is 4. The lowest BCUT2D eigenvalue weighted by Crippen LogP contribution is -2.40. The van der Waals surface area contributed by atoms with Gasteiger partial charge in [-0.25, -0.2) is 8.78 Å². The van der Waals surface area contributed by atoms with E-state index in [-0.39, 0.29) is 30.5 Å². The van der Waals surface area contributed by atoms with Crippen LogP contribution in [0.5, 0.6) is 0 Å². The molecule has 0 radical (unpaired) electrons. The van der Waals surface area contributed by atoms with Crippen molar-refractivity contribution in [3.63, 3.8) is 0 Å². The molecule has 1 saturated heterocycles. The van der Waals surface area contributed by atoms with Gasteiger partial charge in [-0.2, -0.15) is 0 Å². The average molecular weight is 425 g/mol. The number of methoxy groups -OCH3 is 1. The molecule has 1 aliphatic heterocycles. The first-order valence-corrected chi connectivity index (χ1v) is 7.02. The first kappa shape index (κ1) is 19.1. The third-order valence-corrected chi connectivity index (χ3v) is 3.64. The number of nitrogens with one attached hydrogen (secondary N) is 1. The molecule has 0 saturated carbocycles. The highest BCUT2D eigenvalue weighted by Crippen LogP contribution is 2.16. The molecule has 1 atom stereocenters. The topological polar surface area (TPSA) is 36.9 Å². The van der Waals surface area contributed by atoms with E-state index < -0.39 is 11.6 Å². The highest BCUT2D eigenvalue weighted by atomic mass is 127. The van der Waals surface area contributed by atoms with Crippen LogP contribution < -0.4 is 5.32 Å². The molecule has 2 rings (SSSR count). The van der Waals surface area contributed by atoms with Gasteiger partial charge < -0.3 is 15.0 Å². The second-order valence-corrected chi connectivity index (χ2v) is 5.19. The normalized spacial score (nSPS) is 18.3. The maximum absolute atomic E-state index is 13.6. The Hall–Kier alpha value is -0.960. The van der Waals surface area contributed by atoms with Gasteiger partial charge in [0.2, 0.25) is 0 Å². The lowest BCUT2D eigenvalue weighted by Gasteiger charge is -2.21. The van der Waals surface area contributed by atoms with Crippen LogP contribution in [0.4, 0.5) is 8.78 Å². The maximum Gasteiger partial charge on any atom is 0.193 e. The number of aliphatic imine (C=N–C) groups is 1.